The number of hydrogen-bond acceptors (Lipinski definition) is 4. The van der Waals surface area contributed by atoms with Crippen LogP contribution in [0.3, 0.4) is 0 Å². The normalized spacial score (nSPS) is 13.2. The molecule has 9 aromatic carbocycles. The lowest BCUT2D eigenvalue weighted by Crippen LogP contribution is -2.25. The number of nitrogens with zero attached hydrogens (tertiary/aromatic N) is 4. The molecule has 0 amide bonds. The molecule has 64 heavy (non-hydrogen) atoms. The van der Waals surface area contributed by atoms with E-state index in [1.807, 2.05) is 66.7 Å². The van der Waals surface area contributed by atoms with Crippen molar-refractivity contribution >= 4 is 43.7 Å². The third-order valence-electron chi connectivity index (χ3n) is 13.8. The maximum absolute atomic E-state index is 7.06. The van der Waals surface area contributed by atoms with E-state index in [1.165, 1.54) is 60.8 Å². The Balaban J connectivity index is 1.12. The molecule has 298 valence electrons. The first-order valence-electron chi connectivity index (χ1n) is 21.9. The number of hydrogen-bond donors (Lipinski definition) is 0. The van der Waals surface area contributed by atoms with Crippen molar-refractivity contribution in [1.29, 1.82) is 0 Å². The van der Waals surface area contributed by atoms with Crippen LogP contribution in [0.25, 0.3) is 106 Å². The summed E-state index contributed by atoms with van der Waals surface area (Å²) in [4.78, 5) is 15.5. The lowest BCUT2D eigenvalue weighted by atomic mass is 9.70. The van der Waals surface area contributed by atoms with E-state index in [0.29, 0.717) is 17.5 Å². The molecule has 0 saturated carbocycles. The van der Waals surface area contributed by atoms with Crippen molar-refractivity contribution < 1.29 is 4.42 Å². The minimum Gasteiger partial charge on any atom is -0.455 e. The molecule has 0 unspecified atom stereocenters. The van der Waals surface area contributed by atoms with E-state index in [2.05, 4.69) is 145 Å². The number of para-hydroxylation sites is 2. The minimum absolute atomic E-state index is 0.475. The van der Waals surface area contributed by atoms with E-state index in [1.54, 1.807) is 0 Å². The van der Waals surface area contributed by atoms with Crippen molar-refractivity contribution in [2.45, 2.75) is 12.3 Å². The van der Waals surface area contributed by atoms with Crippen molar-refractivity contribution in [2.24, 2.45) is 0 Å². The Kier molecular flexibility index (Phi) is 7.18. The van der Waals surface area contributed by atoms with Gasteiger partial charge in [0.25, 0.3) is 0 Å². The van der Waals surface area contributed by atoms with Gasteiger partial charge in [0.1, 0.15) is 11.2 Å². The zero-order valence-corrected chi connectivity index (χ0v) is 34.7. The largest absolute Gasteiger partial charge is 0.455 e. The van der Waals surface area contributed by atoms with Crippen LogP contribution in [0.5, 0.6) is 0 Å². The average Bonchev–Trinajstić information content (AvgIpc) is 4.08. The van der Waals surface area contributed by atoms with E-state index in [9.17, 15) is 0 Å². The molecule has 5 heteroatoms. The molecule has 14 rings (SSSR count). The highest BCUT2D eigenvalue weighted by atomic mass is 16.3. The summed E-state index contributed by atoms with van der Waals surface area (Å²) < 4.78 is 9.58. The average molecular weight is 817 g/mol. The van der Waals surface area contributed by atoms with Crippen LogP contribution in [0.4, 0.5) is 0 Å². The van der Waals surface area contributed by atoms with Gasteiger partial charge in [0, 0.05) is 32.8 Å². The first-order chi connectivity index (χ1) is 31.7. The molecule has 2 aliphatic rings. The van der Waals surface area contributed by atoms with Crippen LogP contribution in [0.1, 0.15) is 27.8 Å². The van der Waals surface area contributed by atoms with Gasteiger partial charge in [-0.3, -0.25) is 0 Å². The van der Waals surface area contributed by atoms with Crippen LogP contribution in [-0.4, -0.2) is 19.5 Å². The number of rotatable bonds is 4. The highest BCUT2D eigenvalue weighted by Gasteiger charge is 2.52. The van der Waals surface area contributed by atoms with Gasteiger partial charge in [-0.2, -0.15) is 0 Å². The van der Waals surface area contributed by atoms with Crippen LogP contribution in [-0.2, 0) is 5.41 Å². The molecule has 2 aliphatic carbocycles. The number of benzene rings is 9. The standard InChI is InChI=1S/C59H36N4O/c1-35-34-49(53-43-26-12-17-31-50(43)64-55(53)51(35)58-61-56(36-18-4-2-5-19-36)60-57(62-58)37-20-6-3-7-21-37)63-48-30-16-11-24-40(48)41-32-33-47-52(54(41)63)42-25-10-15-29-46(42)59(47)44-27-13-8-22-38(44)39-23-9-14-28-45(39)59/h2-34H,1H3. The van der Waals surface area contributed by atoms with E-state index in [0.717, 1.165) is 55.4 Å². The predicted octanol–water partition coefficient (Wildman–Crippen LogP) is 14.5. The zero-order chi connectivity index (χ0) is 42.1. The monoisotopic (exact) mass is 816 g/mol. The van der Waals surface area contributed by atoms with Crippen LogP contribution in [0, 0.1) is 6.92 Å². The third-order valence-corrected chi connectivity index (χ3v) is 13.8. The fourth-order valence-electron chi connectivity index (χ4n) is 11.3. The summed E-state index contributed by atoms with van der Waals surface area (Å²) in [6.07, 6.45) is 0. The van der Waals surface area contributed by atoms with Gasteiger partial charge in [-0.1, -0.05) is 182 Å². The first kappa shape index (κ1) is 35.2. The molecule has 3 aromatic heterocycles. The molecule has 1 spiro atoms. The Bertz CT molecular complexity index is 3810. The Morgan fingerprint density at radius 1 is 0.438 bits per heavy atom. The quantitative estimate of drug-likeness (QED) is 0.178. The highest BCUT2D eigenvalue weighted by molar-refractivity contribution is 6.20. The first-order valence-corrected chi connectivity index (χ1v) is 21.9. The second-order valence-electron chi connectivity index (χ2n) is 17.1. The van der Waals surface area contributed by atoms with Crippen LogP contribution >= 0.6 is 0 Å². The van der Waals surface area contributed by atoms with Crippen molar-refractivity contribution in [3.05, 3.63) is 228 Å². The molecule has 0 saturated heterocycles. The number of fused-ring (bicyclic) bond motifs is 17. The lowest BCUT2D eigenvalue weighted by molar-refractivity contribution is 0.669. The second-order valence-corrected chi connectivity index (χ2v) is 17.1. The van der Waals surface area contributed by atoms with Crippen LogP contribution in [0.2, 0.25) is 0 Å². The molecular formula is C59H36N4O. The number of aryl methyl sites for hydroxylation is 1. The van der Waals surface area contributed by atoms with Gasteiger partial charge < -0.3 is 8.98 Å². The Morgan fingerprint density at radius 2 is 0.969 bits per heavy atom. The zero-order valence-electron chi connectivity index (χ0n) is 34.7. The topological polar surface area (TPSA) is 56.7 Å². The van der Waals surface area contributed by atoms with E-state index >= 15 is 0 Å². The van der Waals surface area contributed by atoms with Crippen molar-refractivity contribution in [2.75, 3.05) is 0 Å². The fraction of sp³-hybridized carbons (Fsp3) is 0.0339. The number of aromatic nitrogens is 4. The Labute approximate surface area is 368 Å². The Morgan fingerprint density at radius 3 is 1.64 bits per heavy atom. The van der Waals surface area contributed by atoms with Crippen LogP contribution in [0.15, 0.2) is 205 Å². The highest BCUT2D eigenvalue weighted by Crippen LogP contribution is 2.64. The number of furan rings is 1. The molecule has 0 radical (unpaired) electrons. The van der Waals surface area contributed by atoms with E-state index in [-0.39, 0.29) is 0 Å². The minimum atomic E-state index is -0.475. The van der Waals surface area contributed by atoms with Gasteiger partial charge in [0.05, 0.1) is 33.1 Å². The molecule has 5 nitrogen and oxygen atoms in total. The van der Waals surface area contributed by atoms with Gasteiger partial charge in [-0.25, -0.2) is 15.0 Å². The molecular weight excluding hydrogens is 781 g/mol. The lowest BCUT2D eigenvalue weighted by Gasteiger charge is -2.30. The smallest absolute Gasteiger partial charge is 0.168 e. The molecule has 3 heterocycles. The molecule has 12 aromatic rings. The van der Waals surface area contributed by atoms with Gasteiger partial charge in [0.15, 0.2) is 17.5 Å². The molecule has 0 fully saturated rings. The Hall–Kier alpha value is -8.41. The second kappa shape index (κ2) is 13.1. The summed E-state index contributed by atoms with van der Waals surface area (Å²) >= 11 is 0. The van der Waals surface area contributed by atoms with Crippen molar-refractivity contribution in [3.8, 4) is 62.1 Å². The molecule has 0 bridgehead atoms. The van der Waals surface area contributed by atoms with Crippen molar-refractivity contribution in [3.63, 3.8) is 0 Å². The van der Waals surface area contributed by atoms with Gasteiger partial charge in [-0.15, -0.1) is 0 Å². The van der Waals surface area contributed by atoms with Gasteiger partial charge in [0.2, 0.25) is 0 Å². The maximum Gasteiger partial charge on any atom is 0.168 e. The molecule has 0 atom stereocenters. The summed E-state index contributed by atoms with van der Waals surface area (Å²) in [7, 11) is 0. The summed E-state index contributed by atoms with van der Waals surface area (Å²) in [6.45, 7) is 2.16. The summed E-state index contributed by atoms with van der Waals surface area (Å²) in [5, 5.41) is 4.45. The SMILES string of the molecule is Cc1cc(-n2c3ccccc3c3ccc4c(c32)-c2ccccc2C42c3ccccc3-c3ccccc32)c2c(oc3ccccc32)c1-c1nc(-c2ccccc2)nc(-c2ccccc2)n1. The maximum atomic E-state index is 7.06. The van der Waals surface area contributed by atoms with E-state index < -0.39 is 5.41 Å². The summed E-state index contributed by atoms with van der Waals surface area (Å²) in [6, 6.07) is 71.8. The van der Waals surface area contributed by atoms with Gasteiger partial charge in [-0.05, 0) is 69.6 Å². The van der Waals surface area contributed by atoms with Gasteiger partial charge >= 0.3 is 0 Å². The molecule has 0 aliphatic heterocycles. The molecule has 0 N–H and O–H groups in total. The van der Waals surface area contributed by atoms with E-state index in [4.69, 9.17) is 19.4 Å². The van der Waals surface area contributed by atoms with Crippen LogP contribution < -0.4 is 0 Å². The third kappa shape index (κ3) is 4.60. The fourth-order valence-corrected chi connectivity index (χ4v) is 11.3. The summed E-state index contributed by atoms with van der Waals surface area (Å²) in [5.41, 5.74) is 18.5. The van der Waals surface area contributed by atoms with Crippen molar-refractivity contribution in [1.82, 2.24) is 19.5 Å². The predicted molar refractivity (Wildman–Crippen MR) is 259 cm³/mol. The summed E-state index contributed by atoms with van der Waals surface area (Å²) in [5.74, 6) is 1.79.